The Balaban J connectivity index is 1.06. The maximum Gasteiger partial charge on any atom is 0.0640 e. The first-order chi connectivity index (χ1) is 35.0. The molecule has 3 nitrogen and oxygen atoms in total. The number of thiophene rings is 1. The van der Waals surface area contributed by atoms with E-state index in [1.165, 1.54) is 75.1 Å². The van der Waals surface area contributed by atoms with Crippen LogP contribution in [0.5, 0.6) is 0 Å². The number of aromatic nitrogens is 1. The zero-order chi connectivity index (χ0) is 47.2. The Morgan fingerprint density at radius 1 is 0.380 bits per heavy atom. The van der Waals surface area contributed by atoms with Gasteiger partial charge < -0.3 is 14.4 Å². The van der Waals surface area contributed by atoms with Gasteiger partial charge in [0.1, 0.15) is 0 Å². The molecule has 0 radical (unpaired) electrons. The maximum absolute atomic E-state index is 2.52. The monoisotopic (exact) mass is 925 g/mol. The lowest BCUT2D eigenvalue weighted by Gasteiger charge is -2.31. The van der Waals surface area contributed by atoms with Crippen LogP contribution in [0.3, 0.4) is 0 Å². The molecule has 11 aromatic carbocycles. The van der Waals surface area contributed by atoms with E-state index in [0.29, 0.717) is 0 Å². The Morgan fingerprint density at radius 3 is 1.79 bits per heavy atom. The Kier molecular flexibility index (Phi) is 9.42. The second-order valence-electron chi connectivity index (χ2n) is 19.3. The average Bonchev–Trinajstić information content (AvgIpc) is 4.05. The third-order valence-electron chi connectivity index (χ3n) is 14.9. The highest BCUT2D eigenvalue weighted by molar-refractivity contribution is 7.26. The molecule has 0 unspecified atom stereocenters. The van der Waals surface area contributed by atoms with Crippen molar-refractivity contribution in [2.75, 3.05) is 9.80 Å². The number of rotatable bonds is 8. The van der Waals surface area contributed by atoms with Crippen molar-refractivity contribution in [3.8, 4) is 27.9 Å². The molecule has 0 saturated heterocycles. The molecule has 1 aliphatic rings. The lowest BCUT2D eigenvalue weighted by molar-refractivity contribution is 0.661. The van der Waals surface area contributed by atoms with Crippen LogP contribution in [0.2, 0.25) is 0 Å². The molecule has 2 aromatic heterocycles. The molecule has 0 amide bonds. The van der Waals surface area contributed by atoms with E-state index in [1.54, 1.807) is 0 Å². The van der Waals surface area contributed by atoms with Gasteiger partial charge in [-0.3, -0.25) is 0 Å². The smallest absolute Gasteiger partial charge is 0.0640 e. The molecule has 2 heterocycles. The van der Waals surface area contributed by atoms with Gasteiger partial charge in [0.2, 0.25) is 0 Å². The van der Waals surface area contributed by atoms with Crippen LogP contribution in [-0.2, 0) is 5.41 Å². The topological polar surface area (TPSA) is 11.4 Å². The SMILES string of the molecule is CC1(C)c2cc(-c3cc(N(c4ccccc4)c4ccccc4)cc(N(c4ccc5c6ccccc6n(-c6ccccc6)c5c4)c4cccc5c4sc4ccccc45)c3)ccc2-c2c1ccc1ccccc21. The second kappa shape index (κ2) is 16.2. The molecular weight excluding hydrogens is 879 g/mol. The van der Waals surface area contributed by atoms with Gasteiger partial charge in [-0.25, -0.2) is 0 Å². The van der Waals surface area contributed by atoms with Crippen molar-refractivity contribution in [2.24, 2.45) is 0 Å². The number of anilines is 6. The minimum Gasteiger partial charge on any atom is -0.310 e. The first-order valence-electron chi connectivity index (χ1n) is 24.5. The fourth-order valence-corrected chi connectivity index (χ4v) is 12.8. The van der Waals surface area contributed by atoms with Gasteiger partial charge in [0.15, 0.2) is 0 Å². The zero-order valence-electron chi connectivity index (χ0n) is 39.4. The Bertz CT molecular complexity index is 4170. The van der Waals surface area contributed by atoms with Crippen molar-refractivity contribution >= 4 is 98.2 Å². The van der Waals surface area contributed by atoms with Crippen LogP contribution >= 0.6 is 11.3 Å². The highest BCUT2D eigenvalue weighted by atomic mass is 32.1. The second-order valence-corrected chi connectivity index (χ2v) is 20.4. The van der Waals surface area contributed by atoms with E-state index >= 15 is 0 Å². The summed E-state index contributed by atoms with van der Waals surface area (Å²) in [6, 6.07) is 91.8. The minimum absolute atomic E-state index is 0.194. The molecule has 4 heteroatoms. The van der Waals surface area contributed by atoms with Gasteiger partial charge in [0.05, 0.1) is 21.4 Å². The van der Waals surface area contributed by atoms with Crippen molar-refractivity contribution in [3.05, 3.63) is 260 Å². The third kappa shape index (κ3) is 6.56. The van der Waals surface area contributed by atoms with Crippen molar-refractivity contribution < 1.29 is 0 Å². The van der Waals surface area contributed by atoms with E-state index in [9.17, 15) is 0 Å². The zero-order valence-corrected chi connectivity index (χ0v) is 40.2. The van der Waals surface area contributed by atoms with Crippen molar-refractivity contribution in [1.29, 1.82) is 0 Å². The predicted octanol–water partition coefficient (Wildman–Crippen LogP) is 19.2. The van der Waals surface area contributed by atoms with E-state index in [0.717, 1.165) is 50.9 Å². The number of hydrogen-bond donors (Lipinski definition) is 0. The summed E-state index contributed by atoms with van der Waals surface area (Å²) in [4.78, 5) is 4.92. The lowest BCUT2D eigenvalue weighted by atomic mass is 9.81. The largest absolute Gasteiger partial charge is 0.310 e. The highest BCUT2D eigenvalue weighted by Gasteiger charge is 2.37. The maximum atomic E-state index is 2.52. The summed E-state index contributed by atoms with van der Waals surface area (Å²) in [7, 11) is 0. The molecule has 71 heavy (non-hydrogen) atoms. The number of fused-ring (bicyclic) bond motifs is 11. The van der Waals surface area contributed by atoms with E-state index in [4.69, 9.17) is 0 Å². The Labute approximate surface area is 417 Å². The molecule has 14 rings (SSSR count). The number of nitrogens with zero attached hydrogens (tertiary/aromatic N) is 3. The van der Waals surface area contributed by atoms with Gasteiger partial charge >= 0.3 is 0 Å². The summed E-state index contributed by atoms with van der Waals surface area (Å²) in [5, 5.41) is 7.57. The molecule has 0 saturated carbocycles. The van der Waals surface area contributed by atoms with Crippen LogP contribution in [0.1, 0.15) is 25.0 Å². The van der Waals surface area contributed by atoms with Crippen LogP contribution in [0.15, 0.2) is 249 Å². The molecule has 13 aromatic rings. The van der Waals surface area contributed by atoms with Crippen LogP contribution < -0.4 is 9.80 Å². The minimum atomic E-state index is -0.194. The van der Waals surface area contributed by atoms with Crippen molar-refractivity contribution in [1.82, 2.24) is 4.57 Å². The first-order valence-corrected chi connectivity index (χ1v) is 25.3. The molecule has 0 spiro atoms. The molecule has 0 atom stereocenters. The molecule has 0 N–H and O–H groups in total. The van der Waals surface area contributed by atoms with E-state index in [2.05, 4.69) is 277 Å². The average molecular weight is 926 g/mol. The van der Waals surface area contributed by atoms with E-state index in [-0.39, 0.29) is 5.41 Å². The van der Waals surface area contributed by atoms with Gasteiger partial charge in [-0.05, 0) is 135 Å². The third-order valence-corrected chi connectivity index (χ3v) is 16.1. The normalized spacial score (nSPS) is 12.8. The molecule has 0 bridgehead atoms. The van der Waals surface area contributed by atoms with Gasteiger partial charge in [-0.15, -0.1) is 11.3 Å². The quantitative estimate of drug-likeness (QED) is 0.150. The molecular formula is C67H47N3S. The van der Waals surface area contributed by atoms with Gasteiger partial charge in [-0.1, -0.05) is 172 Å². The standard InChI is InChI=1S/C67H47N3S/c1-67(2)59-38-34-44-19-12-13-26-53(44)65(59)58-36-33-45(41-60(58)67)46-39-51(68(47-20-6-3-7-21-47)48-22-8-4-9-23-48)42-52(40-46)69(62-31-18-29-57-56-28-15-17-32-64(56)71-66(57)62)50-35-37-55-54-27-14-16-30-61(54)70(63(55)43-50)49-24-10-5-11-25-49/h3-43H,1-2H3. The highest BCUT2D eigenvalue weighted by Crippen LogP contribution is 2.53. The lowest BCUT2D eigenvalue weighted by Crippen LogP contribution is -2.15. The summed E-state index contributed by atoms with van der Waals surface area (Å²) >= 11 is 1.87. The number of hydrogen-bond acceptors (Lipinski definition) is 3. The Hall–Kier alpha value is -8.70. The summed E-state index contributed by atoms with van der Waals surface area (Å²) in [6.45, 7) is 4.78. The van der Waals surface area contributed by atoms with Crippen LogP contribution in [-0.4, -0.2) is 4.57 Å². The molecule has 1 aliphatic carbocycles. The fourth-order valence-electron chi connectivity index (χ4n) is 11.6. The van der Waals surface area contributed by atoms with Gasteiger partial charge in [0, 0.05) is 65.8 Å². The molecule has 0 aliphatic heterocycles. The van der Waals surface area contributed by atoms with Gasteiger partial charge in [-0.2, -0.15) is 0 Å². The number of benzene rings is 11. The first kappa shape index (κ1) is 41.3. The van der Waals surface area contributed by atoms with Gasteiger partial charge in [0.25, 0.3) is 0 Å². The summed E-state index contributed by atoms with van der Waals surface area (Å²) in [5.41, 5.74) is 17.5. The summed E-state index contributed by atoms with van der Waals surface area (Å²) in [6.07, 6.45) is 0. The van der Waals surface area contributed by atoms with Crippen LogP contribution in [0, 0.1) is 0 Å². The van der Waals surface area contributed by atoms with Crippen molar-refractivity contribution in [3.63, 3.8) is 0 Å². The Morgan fingerprint density at radius 2 is 1.01 bits per heavy atom. The van der Waals surface area contributed by atoms with Crippen LogP contribution in [0.25, 0.3) is 80.7 Å². The summed E-state index contributed by atoms with van der Waals surface area (Å²) in [5.74, 6) is 0. The fraction of sp³-hybridized carbons (Fsp3) is 0.0448. The molecule has 0 fully saturated rings. The van der Waals surface area contributed by atoms with E-state index < -0.39 is 0 Å². The van der Waals surface area contributed by atoms with E-state index in [1.807, 2.05) is 11.3 Å². The summed E-state index contributed by atoms with van der Waals surface area (Å²) < 4.78 is 4.95. The predicted molar refractivity (Wildman–Crippen MR) is 304 cm³/mol. The number of para-hydroxylation sites is 4. The molecule has 336 valence electrons. The van der Waals surface area contributed by atoms with Crippen molar-refractivity contribution in [2.45, 2.75) is 19.3 Å². The van der Waals surface area contributed by atoms with Crippen LogP contribution in [0.4, 0.5) is 34.1 Å².